The van der Waals surface area contributed by atoms with E-state index in [1.807, 2.05) is 30.5 Å². The van der Waals surface area contributed by atoms with Crippen LogP contribution in [-0.2, 0) is 11.4 Å². The van der Waals surface area contributed by atoms with Gasteiger partial charge in [0.05, 0.1) is 6.61 Å². The Labute approximate surface area is 87.8 Å². The fourth-order valence-corrected chi connectivity index (χ4v) is 1.14. The van der Waals surface area contributed by atoms with Crippen molar-refractivity contribution >= 4 is 17.7 Å². The fourth-order valence-electron chi connectivity index (χ4n) is 0.731. The van der Waals surface area contributed by atoms with Crippen LogP contribution < -0.4 is 0 Å². The zero-order valence-electron chi connectivity index (χ0n) is 8.23. The van der Waals surface area contributed by atoms with Gasteiger partial charge in [0.25, 0.3) is 5.97 Å². The number of benzene rings is 1. The molecule has 1 rings (SSSR count). The predicted octanol–water partition coefficient (Wildman–Crippen LogP) is 1.99. The Morgan fingerprint density at radius 2 is 1.79 bits per heavy atom. The smallest absolute Gasteiger partial charge is 0.300 e. The molecule has 0 bridgehead atoms. The van der Waals surface area contributed by atoms with Crippen molar-refractivity contribution in [2.24, 2.45) is 0 Å². The molecule has 1 aromatic carbocycles. The maximum absolute atomic E-state index is 9.00. The van der Waals surface area contributed by atoms with E-state index in [2.05, 4.69) is 0 Å². The second-order valence-corrected chi connectivity index (χ2v) is 3.40. The third-order valence-corrected chi connectivity index (χ3v) is 2.09. The minimum absolute atomic E-state index is 0.134. The third kappa shape index (κ3) is 6.51. The lowest BCUT2D eigenvalue weighted by atomic mass is 10.2. The first-order chi connectivity index (χ1) is 6.60. The van der Waals surface area contributed by atoms with Crippen molar-refractivity contribution < 1.29 is 15.0 Å². The standard InChI is InChI=1S/C8H10OS.C2H4O2/c1-10-8-4-2-7(6-9)3-5-8;1-2(3)4/h2-5,9H,6H2,1H3;1H3,(H,3,4). The Bertz CT molecular complexity index is 242. The largest absolute Gasteiger partial charge is 0.481 e. The summed E-state index contributed by atoms with van der Waals surface area (Å²) in [6, 6.07) is 7.89. The Morgan fingerprint density at radius 1 is 1.36 bits per heavy atom. The van der Waals surface area contributed by atoms with Gasteiger partial charge >= 0.3 is 0 Å². The second-order valence-electron chi connectivity index (χ2n) is 2.53. The summed E-state index contributed by atoms with van der Waals surface area (Å²) in [5.41, 5.74) is 0.970. The lowest BCUT2D eigenvalue weighted by Crippen LogP contribution is -1.80. The first-order valence-corrected chi connectivity index (χ1v) is 5.26. The summed E-state index contributed by atoms with van der Waals surface area (Å²) in [6.45, 7) is 1.22. The van der Waals surface area contributed by atoms with Crippen LogP contribution in [0.15, 0.2) is 29.2 Å². The molecule has 4 heteroatoms. The van der Waals surface area contributed by atoms with Crippen molar-refractivity contribution in [1.82, 2.24) is 0 Å². The van der Waals surface area contributed by atoms with Crippen LogP contribution in [0.25, 0.3) is 0 Å². The number of carbonyl (C=O) groups is 1. The highest BCUT2D eigenvalue weighted by molar-refractivity contribution is 7.98. The number of hydrogen-bond donors (Lipinski definition) is 2. The summed E-state index contributed by atoms with van der Waals surface area (Å²) in [4.78, 5) is 10.2. The summed E-state index contributed by atoms with van der Waals surface area (Å²) in [5.74, 6) is -0.833. The average molecular weight is 214 g/mol. The lowest BCUT2D eigenvalue weighted by molar-refractivity contribution is -0.134. The molecule has 0 atom stereocenters. The van der Waals surface area contributed by atoms with Gasteiger partial charge in [0.1, 0.15) is 0 Å². The molecule has 0 amide bonds. The van der Waals surface area contributed by atoms with Crippen LogP contribution in [0, 0.1) is 0 Å². The summed E-state index contributed by atoms with van der Waals surface area (Å²) >= 11 is 1.71. The molecule has 0 heterocycles. The van der Waals surface area contributed by atoms with Gasteiger partial charge in [0.15, 0.2) is 0 Å². The van der Waals surface area contributed by atoms with Crippen LogP contribution in [0.3, 0.4) is 0 Å². The molecule has 0 radical (unpaired) electrons. The van der Waals surface area contributed by atoms with Gasteiger partial charge in [-0.3, -0.25) is 4.79 Å². The van der Waals surface area contributed by atoms with E-state index in [4.69, 9.17) is 15.0 Å². The summed E-state index contributed by atoms with van der Waals surface area (Å²) < 4.78 is 0. The van der Waals surface area contributed by atoms with Crippen molar-refractivity contribution in [3.05, 3.63) is 29.8 Å². The van der Waals surface area contributed by atoms with Crippen molar-refractivity contribution in [3.8, 4) is 0 Å². The van der Waals surface area contributed by atoms with E-state index in [9.17, 15) is 0 Å². The number of carboxylic acids is 1. The minimum atomic E-state index is -0.833. The maximum atomic E-state index is 9.00. The molecular formula is C10H14O3S. The quantitative estimate of drug-likeness (QED) is 0.739. The molecule has 3 nitrogen and oxygen atoms in total. The number of thioether (sulfide) groups is 1. The van der Waals surface area contributed by atoms with Crippen LogP contribution in [0.1, 0.15) is 12.5 Å². The molecule has 0 unspecified atom stereocenters. The highest BCUT2D eigenvalue weighted by Crippen LogP contribution is 2.14. The third-order valence-electron chi connectivity index (χ3n) is 1.34. The predicted molar refractivity (Wildman–Crippen MR) is 57.5 cm³/mol. The van der Waals surface area contributed by atoms with Gasteiger partial charge in [-0.15, -0.1) is 11.8 Å². The van der Waals surface area contributed by atoms with Crippen molar-refractivity contribution in [3.63, 3.8) is 0 Å². The first-order valence-electron chi connectivity index (χ1n) is 4.03. The molecule has 78 valence electrons. The summed E-state index contributed by atoms with van der Waals surface area (Å²) in [5, 5.41) is 16.1. The van der Waals surface area contributed by atoms with Gasteiger partial charge in [-0.2, -0.15) is 0 Å². The van der Waals surface area contributed by atoms with Crippen LogP contribution in [-0.4, -0.2) is 22.4 Å². The Hall–Kier alpha value is -1.00. The maximum Gasteiger partial charge on any atom is 0.300 e. The van der Waals surface area contributed by atoms with Gasteiger partial charge in [-0.05, 0) is 24.0 Å². The molecule has 0 aliphatic carbocycles. The molecule has 0 saturated carbocycles. The van der Waals surface area contributed by atoms with E-state index < -0.39 is 5.97 Å². The minimum Gasteiger partial charge on any atom is -0.481 e. The number of hydrogen-bond acceptors (Lipinski definition) is 3. The molecule has 0 aromatic heterocycles. The molecular weight excluding hydrogens is 200 g/mol. The van der Waals surface area contributed by atoms with Gasteiger partial charge in [0.2, 0.25) is 0 Å². The van der Waals surface area contributed by atoms with Crippen LogP contribution in [0.4, 0.5) is 0 Å². The van der Waals surface area contributed by atoms with Gasteiger partial charge in [-0.1, -0.05) is 12.1 Å². The van der Waals surface area contributed by atoms with E-state index in [0.29, 0.717) is 0 Å². The van der Waals surface area contributed by atoms with Crippen LogP contribution in [0.2, 0.25) is 0 Å². The monoisotopic (exact) mass is 214 g/mol. The van der Waals surface area contributed by atoms with Crippen LogP contribution >= 0.6 is 11.8 Å². The Kier molecular flexibility index (Phi) is 6.88. The number of aliphatic hydroxyl groups excluding tert-OH is 1. The van der Waals surface area contributed by atoms with Gasteiger partial charge in [-0.25, -0.2) is 0 Å². The van der Waals surface area contributed by atoms with E-state index in [0.717, 1.165) is 12.5 Å². The van der Waals surface area contributed by atoms with Crippen molar-refractivity contribution in [1.29, 1.82) is 0 Å². The zero-order valence-corrected chi connectivity index (χ0v) is 9.04. The normalized spacial score (nSPS) is 8.79. The molecule has 1 aromatic rings. The molecule has 0 aliphatic heterocycles. The fraction of sp³-hybridized carbons (Fsp3) is 0.300. The highest BCUT2D eigenvalue weighted by atomic mass is 32.2. The van der Waals surface area contributed by atoms with Gasteiger partial charge in [0, 0.05) is 11.8 Å². The molecule has 14 heavy (non-hydrogen) atoms. The number of carboxylic acid groups (broad SMARTS) is 1. The van der Waals surface area contributed by atoms with Crippen molar-refractivity contribution in [2.45, 2.75) is 18.4 Å². The summed E-state index contributed by atoms with van der Waals surface area (Å²) in [7, 11) is 0. The SMILES string of the molecule is CC(=O)O.CSc1ccc(CO)cc1. The highest BCUT2D eigenvalue weighted by Gasteiger charge is 1.89. The topological polar surface area (TPSA) is 57.5 Å². The molecule has 0 spiro atoms. The second kappa shape index (κ2) is 7.41. The summed E-state index contributed by atoms with van der Waals surface area (Å²) in [6.07, 6.45) is 2.04. The van der Waals surface area contributed by atoms with E-state index in [1.54, 1.807) is 11.8 Å². The molecule has 0 fully saturated rings. The van der Waals surface area contributed by atoms with E-state index in [-0.39, 0.29) is 6.61 Å². The Morgan fingerprint density at radius 3 is 2.07 bits per heavy atom. The number of aliphatic hydroxyl groups is 1. The average Bonchev–Trinajstić information content (AvgIpc) is 2.17. The Balaban J connectivity index is 0.000000364. The van der Waals surface area contributed by atoms with E-state index >= 15 is 0 Å². The molecule has 0 aliphatic rings. The van der Waals surface area contributed by atoms with E-state index in [1.165, 1.54) is 4.90 Å². The first kappa shape index (κ1) is 13.0. The lowest BCUT2D eigenvalue weighted by Gasteiger charge is -1.96. The number of rotatable bonds is 2. The molecule has 0 saturated heterocycles. The zero-order chi connectivity index (χ0) is 11.0. The molecule has 2 N–H and O–H groups in total. The number of aliphatic carboxylic acids is 1. The van der Waals surface area contributed by atoms with Gasteiger partial charge < -0.3 is 10.2 Å². The van der Waals surface area contributed by atoms with Crippen LogP contribution in [0.5, 0.6) is 0 Å². The van der Waals surface area contributed by atoms with Crippen molar-refractivity contribution in [2.75, 3.05) is 6.26 Å².